The van der Waals surface area contributed by atoms with Crippen LogP contribution in [-0.2, 0) is 9.47 Å². The fourth-order valence-corrected chi connectivity index (χ4v) is 6.12. The highest BCUT2D eigenvalue weighted by Gasteiger charge is 2.48. The van der Waals surface area contributed by atoms with Crippen LogP contribution in [0.1, 0.15) is 26.3 Å². The second kappa shape index (κ2) is 9.39. The lowest BCUT2D eigenvalue weighted by molar-refractivity contribution is -0.0265. The second-order valence-corrected chi connectivity index (χ2v) is 10.9. The molecule has 4 aromatic carbocycles. The van der Waals surface area contributed by atoms with E-state index in [1.165, 1.54) is 0 Å². The minimum absolute atomic E-state index is 0.310. The standard InChI is InChI=1S/C27H20BrFO4S/c1-15-20-9-5-4-7-17(20)12-13-21(15)26(31)33-27-23(22(29)24(28)34-27)32-25(30)19-11-10-16-6-2-3-8-18(16)14-19/h2-14,22-24,27H,1H3/t22-,23-,24-,27+/m0/s1. The van der Waals surface area contributed by atoms with E-state index < -0.39 is 33.8 Å². The lowest BCUT2D eigenvalue weighted by Gasteiger charge is -2.21. The Labute approximate surface area is 208 Å². The predicted octanol–water partition coefficient (Wildman–Crippen LogP) is 6.82. The van der Waals surface area contributed by atoms with E-state index in [9.17, 15) is 14.0 Å². The number of hydrogen-bond acceptors (Lipinski definition) is 5. The molecule has 172 valence electrons. The quantitative estimate of drug-likeness (QED) is 0.211. The number of fused-ring (bicyclic) bond motifs is 2. The van der Waals surface area contributed by atoms with E-state index in [1.54, 1.807) is 18.2 Å². The summed E-state index contributed by atoms with van der Waals surface area (Å²) in [6, 6.07) is 24.1. The van der Waals surface area contributed by atoms with Gasteiger partial charge in [-0.25, -0.2) is 14.0 Å². The third kappa shape index (κ3) is 4.30. The van der Waals surface area contributed by atoms with E-state index in [-0.39, 0.29) is 0 Å². The van der Waals surface area contributed by atoms with Crippen molar-refractivity contribution in [2.45, 2.75) is 28.8 Å². The summed E-state index contributed by atoms with van der Waals surface area (Å²) in [6.07, 6.45) is -2.78. The van der Waals surface area contributed by atoms with E-state index in [0.29, 0.717) is 11.1 Å². The van der Waals surface area contributed by atoms with Gasteiger partial charge < -0.3 is 9.47 Å². The maximum Gasteiger partial charge on any atom is 0.339 e. The minimum Gasteiger partial charge on any atom is -0.451 e. The summed E-state index contributed by atoms with van der Waals surface area (Å²) in [4.78, 5) is 25.9. The van der Waals surface area contributed by atoms with Crippen LogP contribution in [0.3, 0.4) is 0 Å². The number of alkyl halides is 2. The molecule has 1 saturated heterocycles. The maximum atomic E-state index is 15.0. The Hall–Kier alpha value is -2.90. The highest BCUT2D eigenvalue weighted by Crippen LogP contribution is 2.42. The number of ether oxygens (including phenoxy) is 2. The SMILES string of the molecule is Cc1c(C(=O)O[C@@H]2S[C@H](Br)[C@@H](F)[C@@H]2OC(=O)c2ccc3ccccc3c2)ccc2ccccc12. The van der Waals surface area contributed by atoms with Gasteiger partial charge in [0.05, 0.1) is 15.3 Å². The summed E-state index contributed by atoms with van der Waals surface area (Å²) in [5.41, 5.74) is 0.502. The van der Waals surface area contributed by atoms with Crippen molar-refractivity contribution in [2.75, 3.05) is 0 Å². The molecule has 5 rings (SSSR count). The lowest BCUT2D eigenvalue weighted by Crippen LogP contribution is -2.36. The summed E-state index contributed by atoms with van der Waals surface area (Å²) in [7, 11) is 0. The van der Waals surface area contributed by atoms with Crippen LogP contribution < -0.4 is 0 Å². The molecule has 4 aromatic rings. The molecule has 1 fully saturated rings. The Morgan fingerprint density at radius 3 is 2.32 bits per heavy atom. The molecule has 4 atom stereocenters. The first kappa shape index (κ1) is 22.9. The van der Waals surface area contributed by atoms with Crippen molar-refractivity contribution >= 4 is 61.2 Å². The third-order valence-electron chi connectivity index (χ3n) is 5.97. The summed E-state index contributed by atoms with van der Waals surface area (Å²) in [6.45, 7) is 1.85. The molecule has 34 heavy (non-hydrogen) atoms. The van der Waals surface area contributed by atoms with Gasteiger partial charge >= 0.3 is 11.9 Å². The molecule has 0 N–H and O–H groups in total. The largest absolute Gasteiger partial charge is 0.451 e. The van der Waals surface area contributed by atoms with Gasteiger partial charge in [-0.2, -0.15) is 0 Å². The summed E-state index contributed by atoms with van der Waals surface area (Å²) in [5, 5.41) is 3.81. The highest BCUT2D eigenvalue weighted by atomic mass is 79.9. The Morgan fingerprint density at radius 2 is 1.53 bits per heavy atom. The fourth-order valence-electron chi connectivity index (χ4n) is 4.12. The average Bonchev–Trinajstić information content (AvgIpc) is 3.11. The zero-order valence-corrected chi connectivity index (χ0v) is 20.5. The second-order valence-electron chi connectivity index (χ2n) is 8.10. The third-order valence-corrected chi connectivity index (χ3v) is 8.27. The van der Waals surface area contributed by atoms with Gasteiger partial charge in [-0.05, 0) is 52.2 Å². The number of esters is 2. The zero-order valence-electron chi connectivity index (χ0n) is 18.1. The van der Waals surface area contributed by atoms with Gasteiger partial charge in [0.25, 0.3) is 0 Å². The molecular weight excluding hydrogens is 519 g/mol. The van der Waals surface area contributed by atoms with Crippen LogP contribution in [0.5, 0.6) is 0 Å². The van der Waals surface area contributed by atoms with Crippen molar-refractivity contribution in [2.24, 2.45) is 0 Å². The van der Waals surface area contributed by atoms with Crippen molar-refractivity contribution in [3.63, 3.8) is 0 Å². The van der Waals surface area contributed by atoms with Crippen LogP contribution in [0, 0.1) is 6.92 Å². The molecule has 0 saturated carbocycles. The van der Waals surface area contributed by atoms with Crippen LogP contribution >= 0.6 is 27.7 Å². The van der Waals surface area contributed by atoms with Crippen LogP contribution in [0.15, 0.2) is 78.9 Å². The van der Waals surface area contributed by atoms with E-state index in [2.05, 4.69) is 15.9 Å². The number of rotatable bonds is 4. The topological polar surface area (TPSA) is 52.6 Å². The number of carbonyl (C=O) groups is 2. The van der Waals surface area contributed by atoms with Gasteiger partial charge in [-0.15, -0.1) is 0 Å². The number of halogens is 2. The summed E-state index contributed by atoms with van der Waals surface area (Å²) < 4.78 is 25.5. The number of hydrogen-bond donors (Lipinski definition) is 0. The molecule has 0 aliphatic carbocycles. The Kier molecular flexibility index (Phi) is 6.32. The Morgan fingerprint density at radius 1 is 0.853 bits per heavy atom. The molecule has 1 aliphatic heterocycles. The number of carbonyl (C=O) groups excluding carboxylic acids is 2. The van der Waals surface area contributed by atoms with Crippen LogP contribution in [0.4, 0.5) is 4.39 Å². The Balaban J connectivity index is 1.36. The summed E-state index contributed by atoms with van der Waals surface area (Å²) >= 11 is 4.34. The van der Waals surface area contributed by atoms with E-state index >= 15 is 0 Å². The average molecular weight is 539 g/mol. The molecule has 4 nitrogen and oxygen atoms in total. The molecule has 0 amide bonds. The van der Waals surface area contributed by atoms with Crippen molar-refractivity contribution < 1.29 is 23.5 Å². The van der Waals surface area contributed by atoms with Crippen LogP contribution in [0.2, 0.25) is 0 Å². The van der Waals surface area contributed by atoms with Crippen molar-refractivity contribution in [1.82, 2.24) is 0 Å². The van der Waals surface area contributed by atoms with Gasteiger partial charge in [-0.1, -0.05) is 88.4 Å². The molecule has 0 aromatic heterocycles. The van der Waals surface area contributed by atoms with Crippen LogP contribution in [-0.4, -0.2) is 33.8 Å². The van der Waals surface area contributed by atoms with Crippen molar-refractivity contribution in [3.8, 4) is 0 Å². The molecule has 1 heterocycles. The molecular formula is C27H20BrFO4S. The number of aryl methyl sites for hydroxylation is 1. The monoisotopic (exact) mass is 538 g/mol. The van der Waals surface area contributed by atoms with Gasteiger partial charge in [-0.3, -0.25) is 0 Å². The normalized spacial score (nSPS) is 22.1. The molecule has 0 bridgehead atoms. The van der Waals surface area contributed by atoms with Gasteiger partial charge in [0.15, 0.2) is 17.7 Å². The van der Waals surface area contributed by atoms with Crippen LogP contribution in [0.25, 0.3) is 21.5 Å². The first-order valence-electron chi connectivity index (χ1n) is 10.7. The predicted molar refractivity (Wildman–Crippen MR) is 136 cm³/mol. The highest BCUT2D eigenvalue weighted by molar-refractivity contribution is 9.11. The van der Waals surface area contributed by atoms with Gasteiger partial charge in [0.2, 0.25) is 0 Å². The van der Waals surface area contributed by atoms with Crippen molar-refractivity contribution in [1.29, 1.82) is 0 Å². The number of thioether (sulfide) groups is 1. The van der Waals surface area contributed by atoms with Gasteiger partial charge in [0.1, 0.15) is 0 Å². The van der Waals surface area contributed by atoms with E-state index in [0.717, 1.165) is 38.9 Å². The molecule has 0 radical (unpaired) electrons. The first-order valence-corrected chi connectivity index (χ1v) is 12.6. The molecule has 7 heteroatoms. The van der Waals surface area contributed by atoms with Gasteiger partial charge in [0, 0.05) is 0 Å². The summed E-state index contributed by atoms with van der Waals surface area (Å²) in [5.74, 6) is -1.25. The molecule has 0 spiro atoms. The fraction of sp³-hybridized carbons (Fsp3) is 0.185. The minimum atomic E-state index is -1.54. The zero-order chi connectivity index (χ0) is 23.8. The maximum absolute atomic E-state index is 15.0. The Bertz CT molecular complexity index is 1410. The first-order chi connectivity index (χ1) is 16.4. The number of benzene rings is 4. The molecule has 1 aliphatic rings. The smallest absolute Gasteiger partial charge is 0.339 e. The molecule has 0 unspecified atom stereocenters. The lowest BCUT2D eigenvalue weighted by atomic mass is 10.0. The van der Waals surface area contributed by atoms with Crippen molar-refractivity contribution in [3.05, 3.63) is 95.6 Å². The van der Waals surface area contributed by atoms with E-state index in [1.807, 2.05) is 67.6 Å². The van der Waals surface area contributed by atoms with E-state index in [4.69, 9.17) is 9.47 Å².